The molecular formula is C19H19ClF3N9O. The quantitative estimate of drug-likeness (QED) is 0.456. The second-order valence-corrected chi connectivity index (χ2v) is 8.04. The van der Waals surface area contributed by atoms with Gasteiger partial charge < -0.3 is 15.1 Å². The summed E-state index contributed by atoms with van der Waals surface area (Å²) in [5, 5.41) is 9.92. The Kier molecular flexibility index (Phi) is 5.16. The minimum atomic E-state index is -4.59. The van der Waals surface area contributed by atoms with Crippen molar-refractivity contribution in [3.05, 3.63) is 41.0 Å². The Morgan fingerprint density at radius 2 is 1.97 bits per heavy atom. The first-order valence-corrected chi connectivity index (χ1v) is 10.5. The van der Waals surface area contributed by atoms with Crippen LogP contribution in [0.2, 0.25) is 5.15 Å². The number of H-pyrrole nitrogens is 1. The van der Waals surface area contributed by atoms with Gasteiger partial charge in [0, 0.05) is 37.8 Å². The fourth-order valence-electron chi connectivity index (χ4n) is 4.01. The third-order valence-corrected chi connectivity index (χ3v) is 5.99. The molecule has 0 radical (unpaired) electrons. The number of nitrogen functional groups attached to an aromatic ring is 1. The molecule has 5 rings (SSSR count). The Bertz CT molecular complexity index is 1280. The standard InChI is InChI=1S/C19H19ClF3N9O/c1-10(13-14(19(21,22)23)27-28-15(13)20)30-4-6-31(7-5-30)12-9-32-18(16(24)25-12)26-17(29-32)11-3-2-8-33-11/h2-3,8-10H,4-7H2,1H3,(H2,24,25)(H,27,28). The summed E-state index contributed by atoms with van der Waals surface area (Å²) in [5.41, 5.74) is 5.49. The molecule has 1 aliphatic heterocycles. The van der Waals surface area contributed by atoms with Gasteiger partial charge in [-0.25, -0.2) is 14.5 Å². The molecule has 0 saturated carbocycles. The number of rotatable bonds is 4. The minimum Gasteiger partial charge on any atom is -0.461 e. The monoisotopic (exact) mass is 481 g/mol. The molecule has 0 spiro atoms. The van der Waals surface area contributed by atoms with E-state index >= 15 is 0 Å². The van der Waals surface area contributed by atoms with Crippen molar-refractivity contribution < 1.29 is 17.6 Å². The van der Waals surface area contributed by atoms with Crippen LogP contribution in [0, 0.1) is 0 Å². The van der Waals surface area contributed by atoms with E-state index in [1.807, 2.05) is 9.80 Å². The van der Waals surface area contributed by atoms with E-state index in [-0.39, 0.29) is 16.5 Å². The summed E-state index contributed by atoms with van der Waals surface area (Å²) < 4.78 is 46.9. The molecule has 0 aromatic carbocycles. The number of anilines is 2. The Morgan fingerprint density at radius 1 is 1.21 bits per heavy atom. The molecule has 1 atom stereocenters. The first-order chi connectivity index (χ1) is 15.7. The largest absolute Gasteiger partial charge is 0.461 e. The number of fused-ring (bicyclic) bond motifs is 1. The van der Waals surface area contributed by atoms with Gasteiger partial charge in [0.15, 0.2) is 22.9 Å². The van der Waals surface area contributed by atoms with Crippen LogP contribution < -0.4 is 10.6 Å². The van der Waals surface area contributed by atoms with Crippen LogP contribution >= 0.6 is 11.6 Å². The van der Waals surface area contributed by atoms with E-state index in [4.69, 9.17) is 21.8 Å². The molecule has 3 N–H and O–H groups in total. The number of furan rings is 1. The summed E-state index contributed by atoms with van der Waals surface area (Å²) in [4.78, 5) is 12.7. The second kappa shape index (κ2) is 7.92. The van der Waals surface area contributed by atoms with Gasteiger partial charge in [0.25, 0.3) is 0 Å². The Balaban J connectivity index is 1.34. The molecule has 0 amide bonds. The zero-order valence-corrected chi connectivity index (χ0v) is 18.1. The SMILES string of the molecule is CC(c1c(C(F)(F)F)n[nH]c1Cl)N1CCN(c2cn3nc(-c4ccco4)nc3c(N)n2)CC1. The molecule has 33 heavy (non-hydrogen) atoms. The average Bonchev–Trinajstić information content (AvgIpc) is 3.52. The van der Waals surface area contributed by atoms with Gasteiger partial charge >= 0.3 is 6.18 Å². The summed E-state index contributed by atoms with van der Waals surface area (Å²) in [6, 6.07) is 2.92. The van der Waals surface area contributed by atoms with E-state index in [0.717, 1.165) is 0 Å². The molecule has 4 aromatic heterocycles. The summed E-state index contributed by atoms with van der Waals surface area (Å²) >= 11 is 6.00. The van der Waals surface area contributed by atoms with Crippen molar-refractivity contribution in [2.24, 2.45) is 0 Å². The average molecular weight is 482 g/mol. The molecular weight excluding hydrogens is 463 g/mol. The van der Waals surface area contributed by atoms with E-state index in [9.17, 15) is 13.2 Å². The van der Waals surface area contributed by atoms with Crippen molar-refractivity contribution >= 4 is 28.9 Å². The number of halogens is 4. The maximum atomic E-state index is 13.3. The summed E-state index contributed by atoms with van der Waals surface area (Å²) in [5.74, 6) is 1.72. The van der Waals surface area contributed by atoms with E-state index in [1.165, 1.54) is 6.26 Å². The predicted molar refractivity (Wildman–Crippen MR) is 114 cm³/mol. The van der Waals surface area contributed by atoms with Crippen LogP contribution in [0.15, 0.2) is 29.0 Å². The number of aromatic nitrogens is 6. The third kappa shape index (κ3) is 3.86. The van der Waals surface area contributed by atoms with Gasteiger partial charge in [0.1, 0.15) is 11.0 Å². The Morgan fingerprint density at radius 3 is 2.64 bits per heavy atom. The number of aromatic amines is 1. The van der Waals surface area contributed by atoms with Crippen molar-refractivity contribution in [1.29, 1.82) is 0 Å². The lowest BCUT2D eigenvalue weighted by Gasteiger charge is -2.38. The van der Waals surface area contributed by atoms with Gasteiger partial charge in [-0.05, 0) is 19.1 Å². The van der Waals surface area contributed by atoms with Gasteiger partial charge in [-0.2, -0.15) is 18.3 Å². The molecule has 14 heteroatoms. The number of hydrogen-bond donors (Lipinski definition) is 2. The molecule has 4 aromatic rings. The topological polar surface area (TPSA) is 117 Å². The van der Waals surface area contributed by atoms with Gasteiger partial charge in [-0.3, -0.25) is 10.00 Å². The zero-order chi connectivity index (χ0) is 23.3. The Hall–Kier alpha value is -3.32. The van der Waals surface area contributed by atoms with Gasteiger partial charge in [0.2, 0.25) is 5.82 Å². The number of hydrogen-bond acceptors (Lipinski definition) is 8. The smallest absolute Gasteiger partial charge is 0.435 e. The van der Waals surface area contributed by atoms with Crippen molar-refractivity contribution in [3.63, 3.8) is 0 Å². The van der Waals surface area contributed by atoms with Crippen molar-refractivity contribution in [2.75, 3.05) is 36.8 Å². The summed E-state index contributed by atoms with van der Waals surface area (Å²) in [7, 11) is 0. The lowest BCUT2D eigenvalue weighted by Crippen LogP contribution is -2.47. The highest BCUT2D eigenvalue weighted by atomic mass is 35.5. The van der Waals surface area contributed by atoms with Gasteiger partial charge in [-0.15, -0.1) is 5.10 Å². The molecule has 1 saturated heterocycles. The van der Waals surface area contributed by atoms with E-state index in [2.05, 4.69) is 25.3 Å². The number of nitrogens with two attached hydrogens (primary N) is 1. The number of alkyl halides is 3. The first kappa shape index (κ1) is 21.5. The van der Waals surface area contributed by atoms with Crippen molar-refractivity contribution in [2.45, 2.75) is 19.1 Å². The molecule has 10 nitrogen and oxygen atoms in total. The van der Waals surface area contributed by atoms with Crippen LogP contribution in [0.5, 0.6) is 0 Å². The molecule has 5 heterocycles. The summed E-state index contributed by atoms with van der Waals surface area (Å²) in [6.45, 7) is 3.73. The first-order valence-electron chi connectivity index (χ1n) is 10.1. The highest BCUT2D eigenvalue weighted by Crippen LogP contribution is 2.38. The number of piperazine rings is 1. The highest BCUT2D eigenvalue weighted by Gasteiger charge is 2.40. The second-order valence-electron chi connectivity index (χ2n) is 7.66. The van der Waals surface area contributed by atoms with E-state index in [1.54, 1.807) is 29.8 Å². The maximum Gasteiger partial charge on any atom is 0.435 e. The van der Waals surface area contributed by atoms with E-state index in [0.29, 0.717) is 49.2 Å². The van der Waals surface area contributed by atoms with Crippen LogP contribution in [0.3, 0.4) is 0 Å². The van der Waals surface area contributed by atoms with E-state index < -0.39 is 17.9 Å². The molecule has 174 valence electrons. The molecule has 0 bridgehead atoms. The normalized spacial score (nSPS) is 16.6. The van der Waals surface area contributed by atoms with Crippen LogP contribution in [-0.2, 0) is 6.18 Å². The lowest BCUT2D eigenvalue weighted by atomic mass is 10.1. The molecule has 0 aliphatic carbocycles. The molecule has 1 aliphatic rings. The predicted octanol–water partition coefficient (Wildman–Crippen LogP) is 3.25. The van der Waals surface area contributed by atoms with Crippen LogP contribution in [0.4, 0.5) is 24.8 Å². The fourth-order valence-corrected chi connectivity index (χ4v) is 4.30. The lowest BCUT2D eigenvalue weighted by molar-refractivity contribution is -0.142. The fraction of sp³-hybridized carbons (Fsp3) is 0.368. The van der Waals surface area contributed by atoms with Gasteiger partial charge in [-0.1, -0.05) is 11.6 Å². The Labute approximate surface area is 190 Å². The maximum absolute atomic E-state index is 13.3. The summed E-state index contributed by atoms with van der Waals surface area (Å²) in [6.07, 6.45) is -1.33. The van der Waals surface area contributed by atoms with Gasteiger partial charge in [0.05, 0.1) is 12.5 Å². The molecule has 1 fully saturated rings. The van der Waals surface area contributed by atoms with Crippen LogP contribution in [0.1, 0.15) is 24.2 Å². The number of nitrogens with one attached hydrogen (secondary N) is 1. The zero-order valence-electron chi connectivity index (χ0n) is 17.3. The van der Waals surface area contributed by atoms with Crippen molar-refractivity contribution in [3.8, 4) is 11.6 Å². The minimum absolute atomic E-state index is 0.0468. The van der Waals surface area contributed by atoms with Crippen LogP contribution in [-0.4, -0.2) is 60.9 Å². The third-order valence-electron chi connectivity index (χ3n) is 5.70. The highest BCUT2D eigenvalue weighted by molar-refractivity contribution is 6.30. The molecule has 1 unspecified atom stereocenters. The van der Waals surface area contributed by atoms with Crippen molar-refractivity contribution in [1.82, 2.24) is 34.7 Å². The number of nitrogens with zero attached hydrogens (tertiary/aromatic N) is 7. The van der Waals surface area contributed by atoms with Crippen LogP contribution in [0.25, 0.3) is 17.2 Å².